The fourth-order valence-corrected chi connectivity index (χ4v) is 1.41. The van der Waals surface area contributed by atoms with E-state index in [1.54, 1.807) is 32.9 Å². The minimum absolute atomic E-state index is 0.108. The Morgan fingerprint density at radius 3 is 2.50 bits per heavy atom. The predicted octanol–water partition coefficient (Wildman–Crippen LogP) is 2.54. The summed E-state index contributed by atoms with van der Waals surface area (Å²) in [6.45, 7) is 6.92. The van der Waals surface area contributed by atoms with Crippen LogP contribution in [0.15, 0.2) is 18.2 Å². The van der Waals surface area contributed by atoms with Gasteiger partial charge in [0.05, 0.1) is 11.5 Å². The molecule has 0 saturated carbocycles. The molecule has 4 heteroatoms. The largest absolute Gasteiger partial charge is 0.492 e. The number of carbonyl (C=O) groups is 1. The fourth-order valence-electron chi connectivity index (χ4n) is 1.41. The second-order valence-electron chi connectivity index (χ2n) is 5.18. The lowest BCUT2D eigenvalue weighted by molar-refractivity contribution is -0.148. The van der Waals surface area contributed by atoms with Crippen LogP contribution in [-0.4, -0.2) is 22.8 Å². The molecule has 0 amide bonds. The number of hydrogen-bond acceptors (Lipinski definition) is 3. The molecule has 0 unspecified atom stereocenters. The van der Waals surface area contributed by atoms with Crippen LogP contribution in [0.25, 0.3) is 0 Å². The van der Waals surface area contributed by atoms with Crippen LogP contribution in [0, 0.1) is 12.3 Å². The van der Waals surface area contributed by atoms with Crippen molar-refractivity contribution in [3.8, 4) is 5.75 Å². The number of aliphatic carboxylic acids is 1. The van der Waals surface area contributed by atoms with Gasteiger partial charge in [-0.2, -0.15) is 0 Å². The zero-order valence-corrected chi connectivity index (χ0v) is 11.2. The molecule has 0 aromatic heterocycles. The van der Waals surface area contributed by atoms with Crippen molar-refractivity contribution in [2.75, 3.05) is 6.61 Å². The molecule has 2 N–H and O–H groups in total. The lowest BCUT2D eigenvalue weighted by atomic mass is 9.95. The van der Waals surface area contributed by atoms with E-state index >= 15 is 0 Å². The van der Waals surface area contributed by atoms with E-state index in [-0.39, 0.29) is 6.61 Å². The van der Waals surface area contributed by atoms with Gasteiger partial charge in [0.1, 0.15) is 12.4 Å². The molecule has 0 aliphatic carbocycles. The lowest BCUT2D eigenvalue weighted by Gasteiger charge is -2.20. The van der Waals surface area contributed by atoms with Crippen molar-refractivity contribution in [2.45, 2.75) is 33.8 Å². The molecular weight excluding hydrogens is 232 g/mol. The van der Waals surface area contributed by atoms with E-state index in [0.717, 1.165) is 11.1 Å². The molecule has 1 aromatic rings. The summed E-state index contributed by atoms with van der Waals surface area (Å²) in [7, 11) is 0. The molecule has 1 atom stereocenters. The maximum atomic E-state index is 11.0. The van der Waals surface area contributed by atoms with E-state index in [1.165, 1.54) is 0 Å². The number of ether oxygens (including phenoxy) is 1. The van der Waals surface area contributed by atoms with Gasteiger partial charge in [-0.1, -0.05) is 6.07 Å². The molecule has 0 fully saturated rings. The number of benzene rings is 1. The highest BCUT2D eigenvalue weighted by atomic mass is 16.5. The van der Waals surface area contributed by atoms with Gasteiger partial charge in [0.2, 0.25) is 0 Å². The summed E-state index contributed by atoms with van der Waals surface area (Å²) < 4.78 is 5.54. The third kappa shape index (κ3) is 3.47. The SMILES string of the molecule is Cc1cc([C@@H](C)O)ccc1OCC(C)(C)C(=O)O. The third-order valence-corrected chi connectivity index (χ3v) is 2.85. The highest BCUT2D eigenvalue weighted by Crippen LogP contribution is 2.25. The van der Waals surface area contributed by atoms with Crippen molar-refractivity contribution in [1.82, 2.24) is 0 Å². The van der Waals surface area contributed by atoms with Crippen molar-refractivity contribution in [1.29, 1.82) is 0 Å². The number of aliphatic hydroxyl groups is 1. The van der Waals surface area contributed by atoms with Crippen LogP contribution in [0.2, 0.25) is 0 Å². The zero-order valence-electron chi connectivity index (χ0n) is 11.2. The Kier molecular flexibility index (Phi) is 4.35. The number of rotatable bonds is 5. The van der Waals surface area contributed by atoms with E-state index in [9.17, 15) is 9.90 Å². The minimum atomic E-state index is -0.921. The normalized spacial score (nSPS) is 13.2. The van der Waals surface area contributed by atoms with E-state index in [4.69, 9.17) is 9.84 Å². The Morgan fingerprint density at radius 2 is 2.06 bits per heavy atom. The number of aryl methyl sites for hydroxylation is 1. The van der Waals surface area contributed by atoms with E-state index in [0.29, 0.717) is 5.75 Å². The number of carboxylic acids is 1. The average molecular weight is 252 g/mol. The van der Waals surface area contributed by atoms with Crippen LogP contribution in [0.4, 0.5) is 0 Å². The predicted molar refractivity (Wildman–Crippen MR) is 68.7 cm³/mol. The van der Waals surface area contributed by atoms with Gasteiger partial charge in [-0.05, 0) is 51.0 Å². The van der Waals surface area contributed by atoms with Crippen molar-refractivity contribution in [3.05, 3.63) is 29.3 Å². The van der Waals surface area contributed by atoms with Gasteiger partial charge in [-0.15, -0.1) is 0 Å². The number of aliphatic hydroxyl groups excluding tert-OH is 1. The summed E-state index contributed by atoms with van der Waals surface area (Å²) in [4.78, 5) is 11.0. The van der Waals surface area contributed by atoms with Crippen molar-refractivity contribution in [3.63, 3.8) is 0 Å². The van der Waals surface area contributed by atoms with E-state index in [2.05, 4.69) is 0 Å². The molecular formula is C14H20O4. The van der Waals surface area contributed by atoms with Crippen molar-refractivity contribution < 1.29 is 19.7 Å². The standard InChI is InChI=1S/C14H20O4/c1-9-7-11(10(2)15)5-6-12(9)18-8-14(3,4)13(16)17/h5-7,10,15H,8H2,1-4H3,(H,16,17)/t10-/m1/s1. The molecule has 1 rings (SSSR count). The molecule has 0 radical (unpaired) electrons. The maximum Gasteiger partial charge on any atom is 0.312 e. The van der Waals surface area contributed by atoms with Crippen LogP contribution < -0.4 is 4.74 Å². The maximum absolute atomic E-state index is 11.0. The topological polar surface area (TPSA) is 66.8 Å². The summed E-state index contributed by atoms with van der Waals surface area (Å²) >= 11 is 0. The van der Waals surface area contributed by atoms with Gasteiger partial charge in [0.15, 0.2) is 0 Å². The van der Waals surface area contributed by atoms with Crippen LogP contribution in [0.1, 0.15) is 38.0 Å². The lowest BCUT2D eigenvalue weighted by Crippen LogP contribution is -2.30. The molecule has 100 valence electrons. The molecule has 4 nitrogen and oxygen atoms in total. The van der Waals surface area contributed by atoms with Gasteiger partial charge >= 0.3 is 5.97 Å². The van der Waals surface area contributed by atoms with Crippen molar-refractivity contribution >= 4 is 5.97 Å². The summed E-state index contributed by atoms with van der Waals surface area (Å²) in [5, 5.41) is 18.4. The van der Waals surface area contributed by atoms with Crippen molar-refractivity contribution in [2.24, 2.45) is 5.41 Å². The van der Waals surface area contributed by atoms with Crippen LogP contribution in [-0.2, 0) is 4.79 Å². The molecule has 0 bridgehead atoms. The van der Waals surface area contributed by atoms with Crippen LogP contribution >= 0.6 is 0 Å². The van der Waals surface area contributed by atoms with Gasteiger partial charge in [-0.25, -0.2) is 0 Å². The quantitative estimate of drug-likeness (QED) is 0.845. The minimum Gasteiger partial charge on any atom is -0.492 e. The Hall–Kier alpha value is -1.55. The Balaban J connectivity index is 2.78. The smallest absolute Gasteiger partial charge is 0.312 e. The molecule has 0 saturated heterocycles. The molecule has 18 heavy (non-hydrogen) atoms. The first-order valence-electron chi connectivity index (χ1n) is 5.89. The third-order valence-electron chi connectivity index (χ3n) is 2.85. The first kappa shape index (κ1) is 14.5. The summed E-state index contributed by atoms with van der Waals surface area (Å²) in [5.74, 6) is -0.241. The van der Waals surface area contributed by atoms with Crippen LogP contribution in [0.5, 0.6) is 5.75 Å². The molecule has 0 aliphatic heterocycles. The van der Waals surface area contributed by atoms with E-state index in [1.807, 2.05) is 13.0 Å². The fraction of sp³-hybridized carbons (Fsp3) is 0.500. The highest BCUT2D eigenvalue weighted by Gasteiger charge is 2.28. The zero-order chi connectivity index (χ0) is 13.9. The van der Waals surface area contributed by atoms with Gasteiger partial charge in [0.25, 0.3) is 0 Å². The van der Waals surface area contributed by atoms with Gasteiger partial charge in [0, 0.05) is 0 Å². The summed E-state index contributed by atoms with van der Waals surface area (Å²) in [5.41, 5.74) is 0.780. The Bertz CT molecular complexity index is 435. The van der Waals surface area contributed by atoms with Crippen LogP contribution in [0.3, 0.4) is 0 Å². The Labute approximate surface area is 107 Å². The molecule has 0 aliphatic rings. The van der Waals surface area contributed by atoms with Gasteiger partial charge in [-0.3, -0.25) is 4.79 Å². The van der Waals surface area contributed by atoms with Gasteiger partial charge < -0.3 is 14.9 Å². The first-order chi connectivity index (χ1) is 8.24. The summed E-state index contributed by atoms with van der Waals surface area (Å²) in [6, 6.07) is 5.38. The molecule has 0 spiro atoms. The number of hydrogen-bond donors (Lipinski definition) is 2. The highest BCUT2D eigenvalue weighted by molar-refractivity contribution is 5.73. The first-order valence-corrected chi connectivity index (χ1v) is 5.89. The van der Waals surface area contributed by atoms with E-state index < -0.39 is 17.5 Å². The monoisotopic (exact) mass is 252 g/mol. The Morgan fingerprint density at radius 1 is 1.44 bits per heavy atom. The average Bonchev–Trinajstić information content (AvgIpc) is 2.26. The molecule has 0 heterocycles. The molecule has 1 aromatic carbocycles. The number of carboxylic acid groups (broad SMARTS) is 1. The second-order valence-corrected chi connectivity index (χ2v) is 5.18. The second kappa shape index (κ2) is 5.40. The summed E-state index contributed by atoms with van der Waals surface area (Å²) in [6.07, 6.45) is -0.520.